The maximum absolute atomic E-state index is 5.65. The Kier molecular flexibility index (Phi) is 7.60. The van der Waals surface area contributed by atoms with E-state index in [-0.39, 0.29) is 0 Å². The molecule has 0 atom stereocenters. The second-order valence-electron chi connectivity index (χ2n) is 3.80. The zero-order chi connectivity index (χ0) is 13.2. The first-order valence-corrected chi connectivity index (χ1v) is 8.08. The third-order valence-corrected chi connectivity index (χ3v) is 4.36. The molecule has 0 aliphatic carbocycles. The number of hydrogen-bond acceptors (Lipinski definition) is 3. The molecule has 0 saturated heterocycles. The van der Waals surface area contributed by atoms with Crippen LogP contribution in [0.25, 0.3) is 6.08 Å². The molecule has 1 rings (SSSR count). The van der Waals surface area contributed by atoms with Crippen LogP contribution in [-0.4, -0.2) is 28.7 Å². The van der Waals surface area contributed by atoms with Gasteiger partial charge in [-0.2, -0.15) is 0 Å². The highest BCUT2D eigenvalue weighted by Gasteiger charge is 2.12. The molecule has 0 bridgehead atoms. The summed E-state index contributed by atoms with van der Waals surface area (Å²) >= 11 is 0. The summed E-state index contributed by atoms with van der Waals surface area (Å²) in [6, 6.07) is 8.17. The summed E-state index contributed by atoms with van der Waals surface area (Å²) in [5, 5.41) is 0. The van der Waals surface area contributed by atoms with Crippen LogP contribution in [0.1, 0.15) is 25.0 Å². The molecule has 1 aromatic rings. The summed E-state index contributed by atoms with van der Waals surface area (Å²) in [6.07, 6.45) is 2.42. The second kappa shape index (κ2) is 9.05. The van der Waals surface area contributed by atoms with Crippen LogP contribution < -0.4 is 0 Å². The highest BCUT2D eigenvalue weighted by Crippen LogP contribution is 2.07. The van der Waals surface area contributed by atoms with Gasteiger partial charge in [-0.3, -0.25) is 0 Å². The van der Waals surface area contributed by atoms with E-state index in [1.165, 1.54) is 0 Å². The van der Waals surface area contributed by atoms with E-state index in [0.717, 1.165) is 11.1 Å². The Balaban J connectivity index is 2.32. The van der Waals surface area contributed by atoms with Crippen LogP contribution in [0.5, 0.6) is 0 Å². The Labute approximate surface area is 111 Å². The molecule has 0 heterocycles. The summed E-state index contributed by atoms with van der Waals surface area (Å²) in [6.45, 7) is 9.66. The van der Waals surface area contributed by atoms with Gasteiger partial charge >= 0.3 is 9.28 Å². The summed E-state index contributed by atoms with van der Waals surface area (Å²) in [5.41, 5.74) is 2.27. The van der Waals surface area contributed by atoms with Crippen LogP contribution in [-0.2, 0) is 20.2 Å². The molecule has 1 aromatic carbocycles. The van der Waals surface area contributed by atoms with Crippen molar-refractivity contribution in [3.8, 4) is 0 Å². The molecule has 18 heavy (non-hydrogen) atoms. The molecular formula is C14H22O3Si. The Hall–Kier alpha value is -0.943. The van der Waals surface area contributed by atoms with Gasteiger partial charge in [-0.05, 0) is 25.0 Å². The van der Waals surface area contributed by atoms with Gasteiger partial charge in [0, 0.05) is 13.2 Å². The second-order valence-corrected chi connectivity index (χ2v) is 5.66. The zero-order valence-electron chi connectivity index (χ0n) is 11.2. The van der Waals surface area contributed by atoms with E-state index in [1.807, 2.05) is 32.1 Å². The van der Waals surface area contributed by atoms with Gasteiger partial charge in [-0.15, -0.1) is 0 Å². The molecule has 0 fully saturated rings. The smallest absolute Gasteiger partial charge is 0.348 e. The average Bonchev–Trinajstić information content (AvgIpc) is 2.40. The first kappa shape index (κ1) is 15.1. The number of benzene rings is 1. The summed E-state index contributed by atoms with van der Waals surface area (Å²) < 4.78 is 16.7. The minimum absolute atomic E-state index is 0.588. The Morgan fingerprint density at radius 1 is 1.11 bits per heavy atom. The van der Waals surface area contributed by atoms with Crippen LogP contribution >= 0.6 is 0 Å². The van der Waals surface area contributed by atoms with Crippen molar-refractivity contribution in [3.63, 3.8) is 0 Å². The minimum atomic E-state index is -1.63. The minimum Gasteiger partial charge on any atom is -0.396 e. The lowest BCUT2D eigenvalue weighted by Gasteiger charge is -2.14. The first-order valence-electron chi connectivity index (χ1n) is 6.32. The molecule has 3 nitrogen and oxygen atoms in total. The topological polar surface area (TPSA) is 27.7 Å². The molecule has 0 radical (unpaired) electrons. The molecule has 0 aliphatic heterocycles. The summed E-state index contributed by atoms with van der Waals surface area (Å²) in [5.74, 6) is 0. The van der Waals surface area contributed by atoms with Crippen molar-refractivity contribution in [1.29, 1.82) is 0 Å². The average molecular weight is 266 g/mol. The highest BCUT2D eigenvalue weighted by atomic mass is 28.3. The van der Waals surface area contributed by atoms with Gasteiger partial charge in [0.25, 0.3) is 0 Å². The Morgan fingerprint density at radius 2 is 1.72 bits per heavy atom. The van der Waals surface area contributed by atoms with Crippen molar-refractivity contribution >= 4 is 15.4 Å². The van der Waals surface area contributed by atoms with Crippen molar-refractivity contribution in [2.75, 3.05) is 19.4 Å². The van der Waals surface area contributed by atoms with Crippen molar-refractivity contribution in [2.24, 2.45) is 0 Å². The molecule has 0 unspecified atom stereocenters. The van der Waals surface area contributed by atoms with Gasteiger partial charge in [0.1, 0.15) is 0 Å². The van der Waals surface area contributed by atoms with Gasteiger partial charge in [0.05, 0.1) is 12.8 Å². The van der Waals surface area contributed by atoms with E-state index < -0.39 is 9.28 Å². The fourth-order valence-corrected chi connectivity index (χ4v) is 2.88. The third-order valence-electron chi connectivity index (χ3n) is 2.44. The molecule has 0 amide bonds. The van der Waals surface area contributed by atoms with Crippen LogP contribution in [0.3, 0.4) is 0 Å². The first-order chi connectivity index (χ1) is 8.80. The molecule has 4 heteroatoms. The number of hydrogen-bond donors (Lipinski definition) is 0. The molecule has 0 aromatic heterocycles. The lowest BCUT2D eigenvalue weighted by molar-refractivity contribution is 0.114. The summed E-state index contributed by atoms with van der Waals surface area (Å²) in [4.78, 5) is 0. The van der Waals surface area contributed by atoms with Crippen molar-refractivity contribution in [3.05, 3.63) is 42.0 Å². The van der Waals surface area contributed by atoms with E-state index >= 15 is 0 Å². The predicted octanol–water partition coefficient (Wildman–Crippen LogP) is 2.68. The number of rotatable bonds is 9. The lowest BCUT2D eigenvalue weighted by Crippen LogP contribution is -2.29. The van der Waals surface area contributed by atoms with Crippen LogP contribution in [0, 0.1) is 0 Å². The fraction of sp³-hybridized carbons (Fsp3) is 0.429. The predicted molar refractivity (Wildman–Crippen MR) is 76.6 cm³/mol. The molecular weight excluding hydrogens is 244 g/mol. The van der Waals surface area contributed by atoms with Crippen LogP contribution in [0.4, 0.5) is 0 Å². The maximum Gasteiger partial charge on any atom is 0.348 e. The Bertz CT molecular complexity index is 331. The SMILES string of the molecule is C=Cc1ccc(COC[SiH](OCC)OCC)cc1. The van der Waals surface area contributed by atoms with Gasteiger partial charge < -0.3 is 13.6 Å². The fourth-order valence-electron chi connectivity index (χ4n) is 1.54. The molecule has 0 spiro atoms. The van der Waals surface area contributed by atoms with Gasteiger partial charge in [-0.1, -0.05) is 36.9 Å². The number of ether oxygens (including phenoxy) is 1. The quantitative estimate of drug-likeness (QED) is 0.643. The Morgan fingerprint density at radius 3 is 2.22 bits per heavy atom. The molecule has 0 saturated carbocycles. The van der Waals surface area contributed by atoms with Crippen molar-refractivity contribution in [1.82, 2.24) is 0 Å². The largest absolute Gasteiger partial charge is 0.396 e. The van der Waals surface area contributed by atoms with Gasteiger partial charge in [0.2, 0.25) is 0 Å². The van der Waals surface area contributed by atoms with E-state index in [4.69, 9.17) is 13.6 Å². The van der Waals surface area contributed by atoms with E-state index in [0.29, 0.717) is 26.1 Å². The molecule has 0 aliphatic rings. The lowest BCUT2D eigenvalue weighted by atomic mass is 10.1. The van der Waals surface area contributed by atoms with Crippen molar-refractivity contribution in [2.45, 2.75) is 20.5 Å². The van der Waals surface area contributed by atoms with Crippen LogP contribution in [0.15, 0.2) is 30.8 Å². The van der Waals surface area contributed by atoms with Gasteiger partial charge in [-0.25, -0.2) is 0 Å². The molecule has 0 N–H and O–H groups in total. The maximum atomic E-state index is 5.65. The highest BCUT2D eigenvalue weighted by molar-refractivity contribution is 6.44. The molecule has 100 valence electrons. The van der Waals surface area contributed by atoms with Gasteiger partial charge in [0.15, 0.2) is 0 Å². The van der Waals surface area contributed by atoms with Crippen molar-refractivity contribution < 1.29 is 13.6 Å². The summed E-state index contributed by atoms with van der Waals surface area (Å²) in [7, 11) is -1.63. The van der Waals surface area contributed by atoms with E-state index in [9.17, 15) is 0 Å². The van der Waals surface area contributed by atoms with Crippen LogP contribution in [0.2, 0.25) is 0 Å². The van der Waals surface area contributed by atoms with E-state index in [2.05, 4.69) is 18.7 Å². The van der Waals surface area contributed by atoms with E-state index in [1.54, 1.807) is 0 Å². The standard InChI is InChI=1S/C14H22O3Si/c1-4-13-7-9-14(10-8-13)11-15-12-18(16-5-2)17-6-3/h4,7-10,18H,1,5-6,11-12H2,2-3H3. The third kappa shape index (κ3) is 5.60. The monoisotopic (exact) mass is 266 g/mol. The normalized spacial score (nSPS) is 10.8. The zero-order valence-corrected chi connectivity index (χ0v) is 12.4.